The molecule has 2 aromatic rings. The van der Waals surface area contributed by atoms with E-state index in [4.69, 9.17) is 9.47 Å². The van der Waals surface area contributed by atoms with Crippen molar-refractivity contribution < 1.29 is 23.9 Å². The van der Waals surface area contributed by atoms with Gasteiger partial charge in [-0.25, -0.2) is 0 Å². The Kier molecular flexibility index (Phi) is 6.72. The maximum Gasteiger partial charge on any atom is 0.265 e. The molecule has 1 N–H and O–H groups in total. The number of carbonyl (C=O) groups excluding carboxylic acids is 3. The predicted molar refractivity (Wildman–Crippen MR) is 113 cm³/mol. The van der Waals surface area contributed by atoms with Crippen LogP contribution in [0.15, 0.2) is 42.5 Å². The maximum atomic E-state index is 12.6. The Labute approximate surface area is 176 Å². The highest BCUT2D eigenvalue weighted by Crippen LogP contribution is 2.33. The van der Waals surface area contributed by atoms with Gasteiger partial charge in [0, 0.05) is 12.1 Å². The Morgan fingerprint density at radius 2 is 1.90 bits per heavy atom. The largest absolute Gasteiger partial charge is 0.485 e. The third kappa shape index (κ3) is 4.97. The van der Waals surface area contributed by atoms with Crippen LogP contribution in [0.2, 0.25) is 0 Å². The van der Waals surface area contributed by atoms with Crippen molar-refractivity contribution in [2.75, 3.05) is 31.2 Å². The lowest BCUT2D eigenvalue weighted by Gasteiger charge is -2.29. The van der Waals surface area contributed by atoms with Crippen LogP contribution in [0.3, 0.4) is 0 Å². The number of likely N-dealkylation sites (N-methyl/N-ethyl adjacent to an activating group) is 1. The van der Waals surface area contributed by atoms with E-state index in [1.165, 1.54) is 10.5 Å². The van der Waals surface area contributed by atoms with Crippen molar-refractivity contribution in [3.8, 4) is 11.5 Å². The van der Waals surface area contributed by atoms with E-state index in [1.807, 2.05) is 24.3 Å². The van der Waals surface area contributed by atoms with Gasteiger partial charge >= 0.3 is 0 Å². The lowest BCUT2D eigenvalue weighted by molar-refractivity contribution is -0.125. The number of Topliss-reactive ketones (excluding diaryl/α,β-unsaturated/α-hetero) is 1. The molecule has 7 heteroatoms. The minimum absolute atomic E-state index is 0.126. The molecule has 0 fully saturated rings. The van der Waals surface area contributed by atoms with Crippen molar-refractivity contribution in [1.82, 2.24) is 5.32 Å². The van der Waals surface area contributed by atoms with Crippen LogP contribution in [0.5, 0.6) is 11.5 Å². The third-order valence-electron chi connectivity index (χ3n) is 4.82. The molecule has 1 aliphatic rings. The molecular formula is C23H26N2O5. The first-order valence-corrected chi connectivity index (χ1v) is 9.99. The summed E-state index contributed by atoms with van der Waals surface area (Å²) in [6.45, 7) is 6.09. The fourth-order valence-corrected chi connectivity index (χ4v) is 3.13. The van der Waals surface area contributed by atoms with Gasteiger partial charge in [0.2, 0.25) is 5.91 Å². The molecule has 0 aromatic heterocycles. The standard InChI is InChI=1S/C23H26N2O5/c1-4-24-22(27)12-25-19-11-17(7-10-21(19)30-14-23(25)28)20(26)13-29-18-8-5-16(6-9-18)15(2)3/h5-11,15H,4,12-14H2,1-3H3,(H,24,27). The Bertz CT molecular complexity index is 937. The molecule has 0 aliphatic carbocycles. The van der Waals surface area contributed by atoms with Crippen LogP contribution in [0.25, 0.3) is 0 Å². The van der Waals surface area contributed by atoms with Crippen molar-refractivity contribution >= 4 is 23.3 Å². The molecule has 0 spiro atoms. The van der Waals surface area contributed by atoms with Gasteiger partial charge in [0.05, 0.1) is 5.69 Å². The van der Waals surface area contributed by atoms with Crippen molar-refractivity contribution in [3.63, 3.8) is 0 Å². The molecule has 158 valence electrons. The summed E-state index contributed by atoms with van der Waals surface area (Å²) in [6.07, 6.45) is 0. The third-order valence-corrected chi connectivity index (χ3v) is 4.82. The average Bonchev–Trinajstić information content (AvgIpc) is 2.74. The number of ketones is 1. The fraction of sp³-hybridized carbons (Fsp3) is 0.348. The van der Waals surface area contributed by atoms with Crippen LogP contribution in [0, 0.1) is 0 Å². The molecule has 2 aromatic carbocycles. The van der Waals surface area contributed by atoms with Gasteiger partial charge in [0.15, 0.2) is 19.0 Å². The number of hydrogen-bond donors (Lipinski definition) is 1. The highest BCUT2D eigenvalue weighted by molar-refractivity contribution is 6.04. The Balaban J connectivity index is 1.72. The second kappa shape index (κ2) is 9.43. The first kappa shape index (κ1) is 21.4. The van der Waals surface area contributed by atoms with Crippen LogP contribution in [0.4, 0.5) is 5.69 Å². The summed E-state index contributed by atoms with van der Waals surface area (Å²) in [5.74, 6) is 0.649. The molecule has 3 rings (SSSR count). The summed E-state index contributed by atoms with van der Waals surface area (Å²) >= 11 is 0. The van der Waals surface area contributed by atoms with Crippen LogP contribution in [-0.4, -0.2) is 43.9 Å². The summed E-state index contributed by atoms with van der Waals surface area (Å²) in [5, 5.41) is 2.67. The van der Waals surface area contributed by atoms with Crippen molar-refractivity contribution in [3.05, 3.63) is 53.6 Å². The van der Waals surface area contributed by atoms with E-state index in [9.17, 15) is 14.4 Å². The minimum atomic E-state index is -0.333. The van der Waals surface area contributed by atoms with Crippen molar-refractivity contribution in [2.24, 2.45) is 0 Å². The van der Waals surface area contributed by atoms with E-state index >= 15 is 0 Å². The van der Waals surface area contributed by atoms with Crippen LogP contribution in [0.1, 0.15) is 42.6 Å². The van der Waals surface area contributed by atoms with Gasteiger partial charge in [0.1, 0.15) is 18.0 Å². The SMILES string of the molecule is CCNC(=O)CN1C(=O)COc2ccc(C(=O)COc3ccc(C(C)C)cc3)cc21. The van der Waals surface area contributed by atoms with Gasteiger partial charge in [-0.2, -0.15) is 0 Å². The number of benzene rings is 2. The second-order valence-electron chi connectivity index (χ2n) is 7.34. The zero-order chi connectivity index (χ0) is 21.7. The Hall–Kier alpha value is -3.35. The van der Waals surface area contributed by atoms with Gasteiger partial charge in [0.25, 0.3) is 5.91 Å². The monoisotopic (exact) mass is 410 g/mol. The van der Waals surface area contributed by atoms with Crippen molar-refractivity contribution in [1.29, 1.82) is 0 Å². The van der Waals surface area contributed by atoms with E-state index in [0.29, 0.717) is 35.2 Å². The smallest absolute Gasteiger partial charge is 0.265 e. The van der Waals surface area contributed by atoms with E-state index < -0.39 is 0 Å². The minimum Gasteiger partial charge on any atom is -0.485 e. The molecule has 0 saturated carbocycles. The van der Waals surface area contributed by atoms with Crippen LogP contribution in [-0.2, 0) is 9.59 Å². The molecule has 0 radical (unpaired) electrons. The molecule has 0 unspecified atom stereocenters. The number of anilines is 1. The number of rotatable bonds is 8. The molecule has 0 bridgehead atoms. The average molecular weight is 410 g/mol. The Morgan fingerprint density at radius 3 is 2.57 bits per heavy atom. The van der Waals surface area contributed by atoms with Crippen LogP contribution < -0.4 is 19.7 Å². The van der Waals surface area contributed by atoms with Gasteiger partial charge in [-0.1, -0.05) is 26.0 Å². The summed E-state index contributed by atoms with van der Waals surface area (Å²) in [5.41, 5.74) is 1.98. The number of ether oxygens (including phenoxy) is 2. The number of fused-ring (bicyclic) bond motifs is 1. The number of hydrogen-bond acceptors (Lipinski definition) is 5. The zero-order valence-corrected chi connectivity index (χ0v) is 17.4. The van der Waals surface area contributed by atoms with Gasteiger partial charge < -0.3 is 14.8 Å². The lowest BCUT2D eigenvalue weighted by atomic mass is 10.0. The number of amides is 2. The quantitative estimate of drug-likeness (QED) is 0.677. The topological polar surface area (TPSA) is 84.9 Å². The number of carbonyl (C=O) groups is 3. The molecule has 1 heterocycles. The highest BCUT2D eigenvalue weighted by Gasteiger charge is 2.28. The molecule has 7 nitrogen and oxygen atoms in total. The molecular weight excluding hydrogens is 384 g/mol. The lowest BCUT2D eigenvalue weighted by Crippen LogP contribution is -2.45. The number of nitrogens with one attached hydrogen (secondary N) is 1. The molecule has 2 amide bonds. The second-order valence-corrected chi connectivity index (χ2v) is 7.34. The van der Waals surface area contributed by atoms with Gasteiger partial charge in [-0.05, 0) is 48.7 Å². The normalized spacial score (nSPS) is 12.9. The van der Waals surface area contributed by atoms with E-state index in [1.54, 1.807) is 25.1 Å². The summed E-state index contributed by atoms with van der Waals surface area (Å²) in [6, 6.07) is 12.5. The first-order chi connectivity index (χ1) is 14.4. The fourth-order valence-electron chi connectivity index (χ4n) is 3.13. The Morgan fingerprint density at radius 1 is 1.17 bits per heavy atom. The summed E-state index contributed by atoms with van der Waals surface area (Å²) < 4.78 is 11.1. The highest BCUT2D eigenvalue weighted by atomic mass is 16.5. The van der Waals surface area contributed by atoms with E-state index in [-0.39, 0.29) is 37.4 Å². The maximum absolute atomic E-state index is 12.6. The summed E-state index contributed by atoms with van der Waals surface area (Å²) in [4.78, 5) is 38.2. The predicted octanol–water partition coefficient (Wildman–Crippen LogP) is 2.93. The summed E-state index contributed by atoms with van der Waals surface area (Å²) in [7, 11) is 0. The number of nitrogens with zero attached hydrogens (tertiary/aromatic N) is 1. The molecule has 1 aliphatic heterocycles. The first-order valence-electron chi connectivity index (χ1n) is 9.99. The molecule has 30 heavy (non-hydrogen) atoms. The zero-order valence-electron chi connectivity index (χ0n) is 17.4. The van der Waals surface area contributed by atoms with E-state index in [2.05, 4.69) is 19.2 Å². The molecule has 0 saturated heterocycles. The van der Waals surface area contributed by atoms with Crippen LogP contribution >= 0.6 is 0 Å². The van der Waals surface area contributed by atoms with Gasteiger partial charge in [-0.3, -0.25) is 19.3 Å². The van der Waals surface area contributed by atoms with E-state index in [0.717, 1.165) is 0 Å². The van der Waals surface area contributed by atoms with Crippen molar-refractivity contribution in [2.45, 2.75) is 26.7 Å². The molecule has 0 atom stereocenters. The van der Waals surface area contributed by atoms with Gasteiger partial charge in [-0.15, -0.1) is 0 Å².